The minimum Gasteiger partial charge on any atom is -0.497 e. The number of H-pyrrole nitrogens is 1. The number of nitrogens with zero attached hydrogens (tertiary/aromatic N) is 4. The Balaban J connectivity index is 1.51. The van der Waals surface area contributed by atoms with Gasteiger partial charge < -0.3 is 20.8 Å². The Morgan fingerprint density at radius 2 is 2.00 bits per heavy atom. The van der Waals surface area contributed by atoms with Crippen molar-refractivity contribution in [3.63, 3.8) is 0 Å². The molecule has 0 saturated carbocycles. The van der Waals surface area contributed by atoms with Gasteiger partial charge in [0, 0.05) is 12.3 Å². The van der Waals surface area contributed by atoms with E-state index in [0.717, 1.165) is 28.2 Å². The van der Waals surface area contributed by atoms with Crippen molar-refractivity contribution in [2.24, 2.45) is 7.05 Å². The summed E-state index contributed by atoms with van der Waals surface area (Å²) in [7, 11) is 3.64. The molecule has 0 atom stereocenters. The van der Waals surface area contributed by atoms with Gasteiger partial charge in [-0.2, -0.15) is 0 Å². The molecular weight excluding hydrogens is 418 g/mol. The maximum atomic E-state index is 13.0. The molecule has 3 aromatic heterocycles. The van der Waals surface area contributed by atoms with Crippen molar-refractivity contribution in [2.75, 3.05) is 12.8 Å². The number of carbonyl (C=O) groups excluding carboxylic acids is 1. The lowest BCUT2D eigenvalue weighted by molar-refractivity contribution is -0.654. The second kappa shape index (κ2) is 8.27. The first-order chi connectivity index (χ1) is 16.0. The molecule has 0 aliphatic carbocycles. The summed E-state index contributed by atoms with van der Waals surface area (Å²) in [6.07, 6.45) is 1.71. The van der Waals surface area contributed by atoms with Crippen molar-refractivity contribution in [3.8, 4) is 5.75 Å². The van der Waals surface area contributed by atoms with E-state index in [0.29, 0.717) is 17.7 Å². The minimum atomic E-state index is -0.378. The number of aromatic nitrogens is 5. The number of amides is 1. The van der Waals surface area contributed by atoms with E-state index in [1.165, 1.54) is 0 Å². The maximum absolute atomic E-state index is 13.0. The van der Waals surface area contributed by atoms with E-state index in [4.69, 9.17) is 10.5 Å². The molecule has 5 rings (SSSR count). The van der Waals surface area contributed by atoms with Crippen LogP contribution >= 0.6 is 0 Å². The normalized spacial score (nSPS) is 11.2. The van der Waals surface area contributed by atoms with Gasteiger partial charge in [0.1, 0.15) is 24.4 Å². The molecule has 0 radical (unpaired) electrons. The van der Waals surface area contributed by atoms with E-state index in [-0.39, 0.29) is 24.0 Å². The van der Waals surface area contributed by atoms with E-state index in [9.17, 15) is 4.79 Å². The molecular formula is C24H24N7O2+. The summed E-state index contributed by atoms with van der Waals surface area (Å²) >= 11 is 0. The molecule has 166 valence electrons. The lowest BCUT2D eigenvalue weighted by Gasteiger charge is -2.07. The van der Waals surface area contributed by atoms with Crippen molar-refractivity contribution in [1.82, 2.24) is 24.8 Å². The van der Waals surface area contributed by atoms with Crippen molar-refractivity contribution in [3.05, 3.63) is 77.9 Å². The van der Waals surface area contributed by atoms with Crippen molar-refractivity contribution in [2.45, 2.75) is 13.1 Å². The van der Waals surface area contributed by atoms with E-state index in [2.05, 4.69) is 41.5 Å². The highest BCUT2D eigenvalue weighted by atomic mass is 16.5. The lowest BCUT2D eigenvalue weighted by Crippen LogP contribution is -2.38. The zero-order valence-electron chi connectivity index (χ0n) is 18.4. The van der Waals surface area contributed by atoms with Gasteiger partial charge in [-0.3, -0.25) is 4.79 Å². The number of nitrogens with one attached hydrogen (secondary N) is 2. The second-order valence-corrected chi connectivity index (χ2v) is 7.75. The van der Waals surface area contributed by atoms with Gasteiger partial charge in [0.05, 0.1) is 14.2 Å². The fourth-order valence-corrected chi connectivity index (χ4v) is 4.04. The Morgan fingerprint density at radius 3 is 2.79 bits per heavy atom. The molecule has 0 saturated heterocycles. The van der Waals surface area contributed by atoms with E-state index in [1.54, 1.807) is 19.4 Å². The van der Waals surface area contributed by atoms with E-state index in [1.807, 2.05) is 43.4 Å². The highest BCUT2D eigenvalue weighted by molar-refractivity contribution is 5.98. The summed E-state index contributed by atoms with van der Waals surface area (Å²) in [6, 6.07) is 17.9. The van der Waals surface area contributed by atoms with Crippen molar-refractivity contribution >= 4 is 33.9 Å². The molecule has 0 unspecified atom stereocenters. The smallest absolute Gasteiger partial charge is 0.277 e. The van der Waals surface area contributed by atoms with Crippen LogP contribution in [0.2, 0.25) is 0 Å². The fraction of sp³-hybridized carbons (Fsp3) is 0.167. The van der Waals surface area contributed by atoms with Gasteiger partial charge in [-0.05, 0) is 23.8 Å². The Bertz CT molecular complexity index is 1470. The number of ether oxygens (including phenoxy) is 1. The molecule has 9 nitrogen and oxygen atoms in total. The molecule has 4 N–H and O–H groups in total. The van der Waals surface area contributed by atoms with Crippen molar-refractivity contribution in [1.29, 1.82) is 0 Å². The Morgan fingerprint density at radius 1 is 1.18 bits per heavy atom. The van der Waals surface area contributed by atoms with Crippen LogP contribution in [-0.4, -0.2) is 32.5 Å². The quantitative estimate of drug-likeness (QED) is 0.349. The van der Waals surface area contributed by atoms with Crippen LogP contribution in [0.5, 0.6) is 5.75 Å². The Hall–Kier alpha value is -4.40. The summed E-state index contributed by atoms with van der Waals surface area (Å²) in [4.78, 5) is 24.5. The molecule has 0 spiro atoms. The average Bonchev–Trinajstić information content (AvgIpc) is 3.39. The standard InChI is InChI=1S/C24H23N7O2/c1-30-18-9-8-16(33-2)12-19(18)31(14-15-6-4-3-5-7-15)20(30)13-27-24(32)21-22(25)29-23-17(28-21)10-11-26-23/h3-12H,13-14H2,1-2H3,(H3-,25,26,27,28,29,32)/p+1. The van der Waals surface area contributed by atoms with Gasteiger partial charge in [0.2, 0.25) is 0 Å². The topological polar surface area (TPSA) is 115 Å². The number of anilines is 1. The predicted octanol–water partition coefficient (Wildman–Crippen LogP) is 2.31. The zero-order valence-corrected chi connectivity index (χ0v) is 18.4. The largest absolute Gasteiger partial charge is 0.497 e. The highest BCUT2D eigenvalue weighted by Gasteiger charge is 2.25. The number of imidazole rings is 1. The summed E-state index contributed by atoms with van der Waals surface area (Å²) in [5.74, 6) is 1.40. The monoisotopic (exact) mass is 442 g/mol. The van der Waals surface area contributed by atoms with Crippen LogP contribution in [0.1, 0.15) is 21.9 Å². The molecule has 1 amide bonds. The predicted molar refractivity (Wildman–Crippen MR) is 125 cm³/mol. The van der Waals surface area contributed by atoms with Crippen LogP contribution < -0.4 is 20.4 Å². The number of methoxy groups -OCH3 is 1. The number of hydrogen-bond donors (Lipinski definition) is 3. The number of nitrogens with two attached hydrogens (primary N) is 1. The van der Waals surface area contributed by atoms with E-state index >= 15 is 0 Å². The molecule has 3 heterocycles. The number of hydrogen-bond acceptors (Lipinski definition) is 5. The van der Waals surface area contributed by atoms with Crippen LogP contribution in [0.25, 0.3) is 22.2 Å². The summed E-state index contributed by atoms with van der Waals surface area (Å²) in [5.41, 5.74) is 10.4. The number of nitrogen functional groups attached to an aromatic ring is 1. The summed E-state index contributed by atoms with van der Waals surface area (Å²) in [6.45, 7) is 0.930. The SMILES string of the molecule is COc1ccc2c(c1)n(Cc1ccccc1)c(CNC(=O)c1nc3cc[nH]c3nc1N)[n+]2C. The van der Waals surface area contributed by atoms with Gasteiger partial charge >= 0.3 is 0 Å². The molecule has 5 aromatic rings. The number of aryl methyl sites for hydroxylation is 1. The third-order valence-corrected chi connectivity index (χ3v) is 5.75. The number of rotatable bonds is 6. The number of carbonyl (C=O) groups is 1. The molecule has 0 aliphatic heterocycles. The Labute approximate surface area is 189 Å². The van der Waals surface area contributed by atoms with E-state index < -0.39 is 0 Å². The van der Waals surface area contributed by atoms with Crippen LogP contribution in [-0.2, 0) is 20.1 Å². The third kappa shape index (κ3) is 3.73. The second-order valence-electron chi connectivity index (χ2n) is 7.75. The highest BCUT2D eigenvalue weighted by Crippen LogP contribution is 2.22. The zero-order chi connectivity index (χ0) is 22.9. The molecule has 33 heavy (non-hydrogen) atoms. The number of aromatic amines is 1. The minimum absolute atomic E-state index is 0.0846. The third-order valence-electron chi connectivity index (χ3n) is 5.75. The molecule has 0 fully saturated rings. The molecule has 0 aliphatic rings. The lowest BCUT2D eigenvalue weighted by atomic mass is 10.2. The summed E-state index contributed by atoms with van der Waals surface area (Å²) < 4.78 is 9.70. The Kier molecular flexibility index (Phi) is 5.14. The first kappa shape index (κ1) is 20.5. The molecule has 2 aromatic carbocycles. The first-order valence-electron chi connectivity index (χ1n) is 10.5. The van der Waals surface area contributed by atoms with Gasteiger partial charge in [0.25, 0.3) is 11.7 Å². The van der Waals surface area contributed by atoms with Gasteiger partial charge in [-0.25, -0.2) is 19.1 Å². The van der Waals surface area contributed by atoms with Crippen molar-refractivity contribution < 1.29 is 14.1 Å². The summed E-state index contributed by atoms with van der Waals surface area (Å²) in [5, 5.41) is 2.96. The van der Waals surface area contributed by atoms with Gasteiger partial charge in [0.15, 0.2) is 28.2 Å². The number of benzene rings is 2. The molecule has 0 bridgehead atoms. The van der Waals surface area contributed by atoms with Crippen LogP contribution in [0.3, 0.4) is 0 Å². The fourth-order valence-electron chi connectivity index (χ4n) is 4.04. The van der Waals surface area contributed by atoms with Crippen LogP contribution in [0.4, 0.5) is 5.82 Å². The average molecular weight is 443 g/mol. The number of fused-ring (bicyclic) bond motifs is 2. The van der Waals surface area contributed by atoms with Crippen LogP contribution in [0.15, 0.2) is 60.8 Å². The maximum Gasteiger partial charge on any atom is 0.277 e. The van der Waals surface area contributed by atoms with Gasteiger partial charge in [-0.15, -0.1) is 0 Å². The molecule has 9 heteroatoms. The first-order valence-corrected chi connectivity index (χ1v) is 10.5. The van der Waals surface area contributed by atoms with Gasteiger partial charge in [-0.1, -0.05) is 30.3 Å². The van der Waals surface area contributed by atoms with Crippen LogP contribution in [0, 0.1) is 0 Å².